The number of rotatable bonds is 2. The van der Waals surface area contributed by atoms with E-state index in [0.29, 0.717) is 6.42 Å². The quantitative estimate of drug-likeness (QED) is 0.720. The van der Waals surface area contributed by atoms with E-state index in [1.165, 1.54) is 0 Å². The van der Waals surface area contributed by atoms with E-state index in [0.717, 1.165) is 45.1 Å². The number of nitrogens with zero attached hydrogens (tertiary/aromatic N) is 1. The van der Waals surface area contributed by atoms with Crippen LogP contribution in [0, 0.1) is 16.7 Å². The molecule has 1 saturated carbocycles. The van der Waals surface area contributed by atoms with E-state index < -0.39 is 5.41 Å². The molecule has 1 heterocycles. The zero-order valence-corrected chi connectivity index (χ0v) is 9.92. The largest absolute Gasteiger partial charge is 0.374 e. The minimum absolute atomic E-state index is 0.147. The summed E-state index contributed by atoms with van der Waals surface area (Å²) in [7, 11) is 0. The van der Waals surface area contributed by atoms with Crippen LogP contribution in [-0.2, 0) is 9.53 Å². The van der Waals surface area contributed by atoms with Gasteiger partial charge in [-0.05, 0) is 45.4 Å². The molecular weight excluding hydrogens is 202 g/mol. The maximum Gasteiger partial charge on any atom is 0.139 e. The van der Waals surface area contributed by atoms with Crippen molar-refractivity contribution < 1.29 is 9.53 Å². The predicted molar refractivity (Wildman–Crippen MR) is 59.7 cm³/mol. The molecule has 0 radical (unpaired) electrons. The summed E-state index contributed by atoms with van der Waals surface area (Å²) >= 11 is 0. The summed E-state index contributed by atoms with van der Waals surface area (Å²) in [6.07, 6.45) is 6.28. The van der Waals surface area contributed by atoms with Gasteiger partial charge in [-0.25, -0.2) is 0 Å². The summed E-state index contributed by atoms with van der Waals surface area (Å²) in [4.78, 5) is 12.0. The molecule has 1 spiro atoms. The van der Waals surface area contributed by atoms with E-state index in [1.54, 1.807) is 6.92 Å². The van der Waals surface area contributed by atoms with Gasteiger partial charge in [0.05, 0.1) is 23.5 Å². The molecule has 0 aromatic heterocycles. The van der Waals surface area contributed by atoms with Crippen LogP contribution >= 0.6 is 0 Å². The number of Topliss-reactive ketones (excluding diaryl/α,β-unsaturated/α-hetero) is 1. The molecule has 3 heteroatoms. The lowest BCUT2D eigenvalue weighted by Gasteiger charge is -2.45. The van der Waals surface area contributed by atoms with Crippen LogP contribution < -0.4 is 0 Å². The third kappa shape index (κ3) is 1.48. The van der Waals surface area contributed by atoms with Crippen LogP contribution in [-0.4, -0.2) is 18.0 Å². The third-order valence-electron chi connectivity index (χ3n) is 4.46. The molecule has 0 aromatic carbocycles. The molecule has 2 aliphatic rings. The van der Waals surface area contributed by atoms with Gasteiger partial charge in [0.1, 0.15) is 5.78 Å². The molecule has 0 bridgehead atoms. The van der Waals surface area contributed by atoms with Crippen LogP contribution in [0.5, 0.6) is 0 Å². The van der Waals surface area contributed by atoms with E-state index in [-0.39, 0.29) is 11.4 Å². The van der Waals surface area contributed by atoms with Crippen LogP contribution in [0.15, 0.2) is 0 Å². The number of carbonyl (C=O) groups excluding carboxylic acids is 1. The summed E-state index contributed by atoms with van der Waals surface area (Å²) < 4.78 is 5.98. The van der Waals surface area contributed by atoms with Gasteiger partial charge in [0.25, 0.3) is 0 Å². The number of nitriles is 1. The van der Waals surface area contributed by atoms with E-state index in [4.69, 9.17) is 10.00 Å². The van der Waals surface area contributed by atoms with Gasteiger partial charge in [-0.2, -0.15) is 5.26 Å². The Balaban J connectivity index is 2.35. The Bertz CT molecular complexity index is 325. The van der Waals surface area contributed by atoms with Crippen molar-refractivity contribution in [2.24, 2.45) is 5.41 Å². The molecule has 0 aromatic rings. The Morgan fingerprint density at radius 2 is 2.06 bits per heavy atom. The van der Waals surface area contributed by atoms with Gasteiger partial charge in [0, 0.05) is 6.61 Å². The SMILES string of the molecule is CC(=O)[C@]1(CC#N)CCC[C@]12CCCCO2. The molecule has 16 heavy (non-hydrogen) atoms. The van der Waals surface area contributed by atoms with Crippen molar-refractivity contribution in [1.82, 2.24) is 0 Å². The molecule has 1 aliphatic heterocycles. The Labute approximate surface area is 96.8 Å². The third-order valence-corrected chi connectivity index (χ3v) is 4.46. The average molecular weight is 221 g/mol. The summed E-state index contributed by atoms with van der Waals surface area (Å²) in [5.41, 5.74) is -0.824. The van der Waals surface area contributed by atoms with E-state index in [9.17, 15) is 4.79 Å². The van der Waals surface area contributed by atoms with Gasteiger partial charge < -0.3 is 4.74 Å². The fraction of sp³-hybridized carbons (Fsp3) is 0.846. The number of ketones is 1. The van der Waals surface area contributed by atoms with Crippen molar-refractivity contribution in [2.75, 3.05) is 6.61 Å². The normalized spacial score (nSPS) is 38.5. The highest BCUT2D eigenvalue weighted by molar-refractivity contribution is 5.84. The second-order valence-electron chi connectivity index (χ2n) is 5.13. The first-order chi connectivity index (χ1) is 7.67. The zero-order valence-electron chi connectivity index (χ0n) is 9.92. The maximum atomic E-state index is 12.0. The minimum Gasteiger partial charge on any atom is -0.374 e. The Morgan fingerprint density at radius 3 is 2.62 bits per heavy atom. The Kier molecular flexibility index (Phi) is 3.03. The highest BCUT2D eigenvalue weighted by atomic mass is 16.5. The predicted octanol–water partition coefficient (Wildman–Crippen LogP) is 2.60. The van der Waals surface area contributed by atoms with Crippen LogP contribution in [0.4, 0.5) is 0 Å². The molecular formula is C13H19NO2. The number of ether oxygens (including phenoxy) is 1. The molecule has 0 N–H and O–H groups in total. The minimum atomic E-state index is -0.512. The molecule has 0 amide bonds. The molecule has 1 saturated heterocycles. The van der Waals surface area contributed by atoms with Crippen molar-refractivity contribution in [3.8, 4) is 6.07 Å². The highest BCUT2D eigenvalue weighted by Crippen LogP contribution is 2.55. The van der Waals surface area contributed by atoms with Crippen molar-refractivity contribution in [3.05, 3.63) is 0 Å². The van der Waals surface area contributed by atoms with Crippen LogP contribution in [0.1, 0.15) is 51.9 Å². The second-order valence-corrected chi connectivity index (χ2v) is 5.13. The average Bonchev–Trinajstić information content (AvgIpc) is 2.60. The maximum absolute atomic E-state index is 12.0. The first kappa shape index (κ1) is 11.6. The first-order valence-corrected chi connectivity index (χ1v) is 6.19. The fourth-order valence-electron chi connectivity index (χ4n) is 3.58. The van der Waals surface area contributed by atoms with Crippen molar-refractivity contribution in [2.45, 2.75) is 57.5 Å². The van der Waals surface area contributed by atoms with Gasteiger partial charge in [-0.3, -0.25) is 4.79 Å². The summed E-state index contributed by atoms with van der Waals surface area (Å²) in [6, 6.07) is 2.20. The van der Waals surface area contributed by atoms with E-state index >= 15 is 0 Å². The molecule has 88 valence electrons. The van der Waals surface area contributed by atoms with Crippen LogP contribution in [0.25, 0.3) is 0 Å². The Morgan fingerprint density at radius 1 is 1.31 bits per heavy atom. The second kappa shape index (κ2) is 4.18. The van der Waals surface area contributed by atoms with Crippen molar-refractivity contribution >= 4 is 5.78 Å². The Hall–Kier alpha value is -0.880. The topological polar surface area (TPSA) is 50.1 Å². The zero-order chi connectivity index (χ0) is 11.6. The van der Waals surface area contributed by atoms with Gasteiger partial charge in [0.2, 0.25) is 0 Å². The summed E-state index contributed by atoms with van der Waals surface area (Å²) in [5.74, 6) is 0.147. The van der Waals surface area contributed by atoms with E-state index in [2.05, 4.69) is 6.07 Å². The van der Waals surface area contributed by atoms with Gasteiger partial charge >= 0.3 is 0 Å². The van der Waals surface area contributed by atoms with Crippen LogP contribution in [0.3, 0.4) is 0 Å². The molecule has 2 rings (SSSR count). The molecule has 1 aliphatic carbocycles. The molecule has 0 unspecified atom stereocenters. The highest BCUT2D eigenvalue weighted by Gasteiger charge is 2.58. The lowest BCUT2D eigenvalue weighted by atomic mass is 9.66. The summed E-state index contributed by atoms with van der Waals surface area (Å²) in [5, 5.41) is 9.00. The smallest absolute Gasteiger partial charge is 0.139 e. The van der Waals surface area contributed by atoms with Gasteiger partial charge in [-0.1, -0.05) is 0 Å². The standard InChI is InChI=1S/C13H19NO2/c1-11(15)12(8-9-14)5-4-7-13(12)6-2-3-10-16-13/h2-8,10H2,1H3/t12-,13-/m1/s1. The number of carbonyl (C=O) groups is 1. The number of hydrogen-bond donors (Lipinski definition) is 0. The molecule has 2 fully saturated rings. The monoisotopic (exact) mass is 221 g/mol. The molecule has 2 atom stereocenters. The summed E-state index contributed by atoms with van der Waals surface area (Å²) in [6.45, 7) is 2.38. The lowest BCUT2D eigenvalue weighted by molar-refractivity contribution is -0.163. The lowest BCUT2D eigenvalue weighted by Crippen LogP contribution is -2.52. The van der Waals surface area contributed by atoms with Crippen molar-refractivity contribution in [1.29, 1.82) is 5.26 Å². The number of hydrogen-bond acceptors (Lipinski definition) is 3. The van der Waals surface area contributed by atoms with E-state index in [1.807, 2.05) is 0 Å². The van der Waals surface area contributed by atoms with Gasteiger partial charge in [0.15, 0.2) is 0 Å². The first-order valence-electron chi connectivity index (χ1n) is 6.19. The molecule has 3 nitrogen and oxygen atoms in total. The van der Waals surface area contributed by atoms with Gasteiger partial charge in [-0.15, -0.1) is 0 Å². The fourth-order valence-corrected chi connectivity index (χ4v) is 3.58. The van der Waals surface area contributed by atoms with Crippen LogP contribution in [0.2, 0.25) is 0 Å². The van der Waals surface area contributed by atoms with Crippen molar-refractivity contribution in [3.63, 3.8) is 0 Å².